The van der Waals surface area contributed by atoms with E-state index >= 15 is 0 Å². The summed E-state index contributed by atoms with van der Waals surface area (Å²) in [6.07, 6.45) is 3.54. The van der Waals surface area contributed by atoms with Gasteiger partial charge in [0.25, 0.3) is 0 Å². The van der Waals surface area contributed by atoms with Crippen LogP contribution < -0.4 is 9.47 Å². The molecule has 0 aliphatic heterocycles. The Labute approximate surface area is 192 Å². The number of hydrogen-bond acceptors (Lipinski definition) is 8. The Hall–Kier alpha value is -3.88. The SMILES string of the molecule is COc1ccc([C@@H](C)[C@H](C)COc2nc(C)ncc2-c2ccc(-c3nnn(C)n3)cc2)nc1. The third-order valence-corrected chi connectivity index (χ3v) is 5.63. The smallest absolute Gasteiger partial charge is 0.224 e. The van der Waals surface area contributed by atoms with Crippen molar-refractivity contribution in [1.82, 2.24) is 35.2 Å². The molecule has 0 amide bonds. The highest BCUT2D eigenvalue weighted by molar-refractivity contribution is 5.70. The molecule has 0 radical (unpaired) electrons. The summed E-state index contributed by atoms with van der Waals surface area (Å²) < 4.78 is 11.4. The van der Waals surface area contributed by atoms with Crippen molar-refractivity contribution < 1.29 is 9.47 Å². The minimum Gasteiger partial charge on any atom is -0.495 e. The zero-order chi connectivity index (χ0) is 23.4. The number of benzene rings is 1. The molecule has 9 heteroatoms. The van der Waals surface area contributed by atoms with Crippen LogP contribution in [0.2, 0.25) is 0 Å². The predicted molar refractivity (Wildman–Crippen MR) is 124 cm³/mol. The Kier molecular flexibility index (Phi) is 6.58. The molecule has 4 rings (SSSR count). The van der Waals surface area contributed by atoms with Gasteiger partial charge in [0.2, 0.25) is 11.7 Å². The first-order valence-electron chi connectivity index (χ1n) is 10.8. The summed E-state index contributed by atoms with van der Waals surface area (Å²) in [5.74, 6) is 2.98. The van der Waals surface area contributed by atoms with Crippen molar-refractivity contribution in [2.75, 3.05) is 13.7 Å². The van der Waals surface area contributed by atoms with Crippen LogP contribution in [0, 0.1) is 12.8 Å². The summed E-state index contributed by atoms with van der Waals surface area (Å²) in [5, 5.41) is 12.2. The number of pyridine rings is 1. The highest BCUT2D eigenvalue weighted by Crippen LogP contribution is 2.31. The summed E-state index contributed by atoms with van der Waals surface area (Å²) in [4.78, 5) is 14.9. The van der Waals surface area contributed by atoms with Crippen LogP contribution in [-0.2, 0) is 7.05 Å². The van der Waals surface area contributed by atoms with Gasteiger partial charge in [-0.2, -0.15) is 9.78 Å². The lowest BCUT2D eigenvalue weighted by Crippen LogP contribution is -2.17. The maximum atomic E-state index is 6.20. The first kappa shape index (κ1) is 22.3. The average molecular weight is 446 g/mol. The number of aromatic nitrogens is 7. The van der Waals surface area contributed by atoms with Crippen LogP contribution in [0.1, 0.15) is 31.3 Å². The van der Waals surface area contributed by atoms with Crippen molar-refractivity contribution in [2.45, 2.75) is 26.7 Å². The second kappa shape index (κ2) is 9.72. The molecule has 0 spiro atoms. The molecule has 0 N–H and O–H groups in total. The van der Waals surface area contributed by atoms with Crippen LogP contribution in [0.4, 0.5) is 0 Å². The van der Waals surface area contributed by atoms with Crippen molar-refractivity contribution in [2.24, 2.45) is 13.0 Å². The third-order valence-electron chi connectivity index (χ3n) is 5.63. The molecule has 0 saturated heterocycles. The number of hydrogen-bond donors (Lipinski definition) is 0. The first-order valence-corrected chi connectivity index (χ1v) is 10.8. The predicted octanol–water partition coefficient (Wildman–Crippen LogP) is 3.86. The molecule has 0 saturated carbocycles. The van der Waals surface area contributed by atoms with Crippen molar-refractivity contribution in [3.05, 3.63) is 60.3 Å². The molecule has 0 unspecified atom stereocenters. The Morgan fingerprint density at radius 2 is 1.73 bits per heavy atom. The van der Waals surface area contributed by atoms with Gasteiger partial charge < -0.3 is 9.47 Å². The lowest BCUT2D eigenvalue weighted by Gasteiger charge is -2.20. The molecule has 2 atom stereocenters. The fourth-order valence-electron chi connectivity index (χ4n) is 3.38. The van der Waals surface area contributed by atoms with Gasteiger partial charge >= 0.3 is 0 Å². The number of methoxy groups -OCH3 is 1. The Balaban J connectivity index is 1.49. The summed E-state index contributed by atoms with van der Waals surface area (Å²) in [6, 6.07) is 11.8. The molecule has 0 fully saturated rings. The Bertz CT molecular complexity index is 1210. The van der Waals surface area contributed by atoms with Gasteiger partial charge in [0.05, 0.1) is 32.5 Å². The number of ether oxygens (including phenoxy) is 2. The molecule has 4 aromatic rings. The molecule has 0 bridgehead atoms. The van der Waals surface area contributed by atoms with E-state index in [1.165, 1.54) is 4.80 Å². The molecule has 0 aliphatic rings. The zero-order valence-corrected chi connectivity index (χ0v) is 19.4. The molecular formula is C24H27N7O2. The fraction of sp³-hybridized carbons (Fsp3) is 0.333. The molecule has 170 valence electrons. The van der Waals surface area contributed by atoms with E-state index in [1.807, 2.05) is 43.3 Å². The molecule has 0 aliphatic carbocycles. The standard InChI is InChI=1S/C24H27N7O2/c1-15(16(2)22-11-10-20(32-5)12-26-22)14-33-24-21(13-25-17(3)27-24)18-6-8-19(9-7-18)23-28-30-31(4)29-23/h6-13,15-16H,14H2,1-5H3/t15-,16+/m1/s1. The van der Waals surface area contributed by atoms with Crippen molar-refractivity contribution in [3.63, 3.8) is 0 Å². The van der Waals surface area contributed by atoms with E-state index in [2.05, 4.69) is 44.2 Å². The van der Waals surface area contributed by atoms with Gasteiger partial charge in [-0.1, -0.05) is 38.1 Å². The molecule has 3 aromatic heterocycles. The molecule has 9 nitrogen and oxygen atoms in total. The fourth-order valence-corrected chi connectivity index (χ4v) is 3.38. The van der Waals surface area contributed by atoms with Crippen LogP contribution in [0.5, 0.6) is 11.6 Å². The average Bonchev–Trinajstić information content (AvgIpc) is 3.28. The van der Waals surface area contributed by atoms with Crippen molar-refractivity contribution in [3.8, 4) is 34.1 Å². The van der Waals surface area contributed by atoms with Gasteiger partial charge in [-0.15, -0.1) is 10.2 Å². The third kappa shape index (κ3) is 5.14. The van der Waals surface area contributed by atoms with E-state index in [0.29, 0.717) is 24.1 Å². The minimum atomic E-state index is 0.209. The Morgan fingerprint density at radius 1 is 0.970 bits per heavy atom. The topological polar surface area (TPSA) is 101 Å². The van der Waals surface area contributed by atoms with Crippen molar-refractivity contribution >= 4 is 0 Å². The molecular weight excluding hydrogens is 418 g/mol. The highest BCUT2D eigenvalue weighted by atomic mass is 16.5. The quantitative estimate of drug-likeness (QED) is 0.403. The van der Waals surface area contributed by atoms with Gasteiger partial charge in [0, 0.05) is 23.4 Å². The second-order valence-electron chi connectivity index (χ2n) is 8.02. The lowest BCUT2D eigenvalue weighted by atomic mass is 9.93. The molecule has 1 aromatic carbocycles. The summed E-state index contributed by atoms with van der Waals surface area (Å²) in [7, 11) is 3.38. The van der Waals surface area contributed by atoms with Crippen LogP contribution in [0.3, 0.4) is 0 Å². The largest absolute Gasteiger partial charge is 0.495 e. The van der Waals surface area contributed by atoms with Crippen LogP contribution >= 0.6 is 0 Å². The minimum absolute atomic E-state index is 0.209. The number of aryl methyl sites for hydroxylation is 2. The van der Waals surface area contributed by atoms with Crippen LogP contribution in [0.15, 0.2) is 48.8 Å². The van der Waals surface area contributed by atoms with Gasteiger partial charge in [-0.25, -0.2) is 4.98 Å². The number of tetrazole rings is 1. The van der Waals surface area contributed by atoms with E-state index < -0.39 is 0 Å². The van der Waals surface area contributed by atoms with E-state index in [9.17, 15) is 0 Å². The van der Waals surface area contributed by atoms with Gasteiger partial charge in [-0.05, 0) is 35.8 Å². The summed E-state index contributed by atoms with van der Waals surface area (Å²) >= 11 is 0. The van der Waals surface area contributed by atoms with Crippen LogP contribution in [0.25, 0.3) is 22.5 Å². The maximum absolute atomic E-state index is 6.20. The normalized spacial score (nSPS) is 12.9. The summed E-state index contributed by atoms with van der Waals surface area (Å²) in [5.41, 5.74) is 3.67. The van der Waals surface area contributed by atoms with Gasteiger partial charge in [-0.3, -0.25) is 4.98 Å². The van der Waals surface area contributed by atoms with E-state index in [1.54, 1.807) is 26.6 Å². The van der Waals surface area contributed by atoms with E-state index in [-0.39, 0.29) is 11.8 Å². The van der Waals surface area contributed by atoms with E-state index in [4.69, 9.17) is 9.47 Å². The van der Waals surface area contributed by atoms with Gasteiger partial charge in [0.1, 0.15) is 11.6 Å². The van der Waals surface area contributed by atoms with Crippen LogP contribution in [-0.4, -0.2) is 48.9 Å². The highest BCUT2D eigenvalue weighted by Gasteiger charge is 2.19. The Morgan fingerprint density at radius 3 is 2.36 bits per heavy atom. The number of rotatable bonds is 8. The van der Waals surface area contributed by atoms with E-state index in [0.717, 1.165) is 28.1 Å². The maximum Gasteiger partial charge on any atom is 0.224 e. The number of nitrogens with zero attached hydrogens (tertiary/aromatic N) is 7. The monoisotopic (exact) mass is 445 g/mol. The van der Waals surface area contributed by atoms with Crippen molar-refractivity contribution in [1.29, 1.82) is 0 Å². The second-order valence-corrected chi connectivity index (χ2v) is 8.02. The van der Waals surface area contributed by atoms with Gasteiger partial charge in [0.15, 0.2) is 0 Å². The molecule has 33 heavy (non-hydrogen) atoms. The lowest BCUT2D eigenvalue weighted by molar-refractivity contribution is 0.233. The zero-order valence-electron chi connectivity index (χ0n) is 19.4. The first-order chi connectivity index (χ1) is 15.9. The summed E-state index contributed by atoms with van der Waals surface area (Å²) in [6.45, 7) is 6.65. The molecule has 3 heterocycles.